The number of para-hydroxylation sites is 2. The molecule has 5 nitrogen and oxygen atoms in total. The molecule has 1 aromatic heterocycles. The van der Waals surface area contributed by atoms with Crippen LogP contribution in [0.15, 0.2) is 47.3 Å². The first kappa shape index (κ1) is 17.1. The third-order valence-corrected chi connectivity index (χ3v) is 6.06. The van der Waals surface area contributed by atoms with Gasteiger partial charge >= 0.3 is 4.87 Å². The van der Waals surface area contributed by atoms with E-state index in [1.165, 1.54) is 16.9 Å². The molecule has 1 N–H and O–H groups in total. The number of ether oxygens (including phenoxy) is 1. The van der Waals surface area contributed by atoms with Gasteiger partial charge in [0, 0.05) is 32.7 Å². The first-order valence-corrected chi connectivity index (χ1v) is 9.67. The number of aryl methyl sites for hydroxylation is 1. The van der Waals surface area contributed by atoms with E-state index in [4.69, 9.17) is 4.74 Å². The summed E-state index contributed by atoms with van der Waals surface area (Å²) in [6.07, 6.45) is 1.11. The molecule has 1 aliphatic rings. The number of nitrogens with zero attached hydrogens (tertiary/aromatic N) is 2. The summed E-state index contributed by atoms with van der Waals surface area (Å²) in [7, 11) is 3.54. The Labute approximate surface area is 156 Å². The molecule has 0 bridgehead atoms. The van der Waals surface area contributed by atoms with Gasteiger partial charge in [-0.3, -0.25) is 4.79 Å². The SMILES string of the molecule is COc1ccccc1N1CCC(NCc2ccc3c(c2)sc(=O)n3C)C1. The third-order valence-electron chi connectivity index (χ3n) is 5.07. The Balaban J connectivity index is 1.41. The highest BCUT2D eigenvalue weighted by molar-refractivity contribution is 7.16. The molecule has 1 fully saturated rings. The molecule has 3 aromatic rings. The maximum atomic E-state index is 11.8. The van der Waals surface area contributed by atoms with Gasteiger partial charge in [-0.2, -0.15) is 0 Å². The molecule has 0 aliphatic carbocycles. The Morgan fingerprint density at radius 3 is 2.96 bits per heavy atom. The van der Waals surface area contributed by atoms with Crippen molar-refractivity contribution in [1.82, 2.24) is 9.88 Å². The lowest BCUT2D eigenvalue weighted by Gasteiger charge is -2.21. The van der Waals surface area contributed by atoms with Crippen LogP contribution in [0.2, 0.25) is 0 Å². The van der Waals surface area contributed by atoms with E-state index in [-0.39, 0.29) is 4.87 Å². The number of rotatable bonds is 5. The summed E-state index contributed by atoms with van der Waals surface area (Å²) in [5.74, 6) is 0.928. The number of benzene rings is 2. The van der Waals surface area contributed by atoms with Gasteiger partial charge in [-0.1, -0.05) is 29.5 Å². The molecule has 1 saturated heterocycles. The fourth-order valence-electron chi connectivity index (χ4n) is 3.59. The highest BCUT2D eigenvalue weighted by Gasteiger charge is 2.24. The number of hydrogen-bond acceptors (Lipinski definition) is 5. The zero-order chi connectivity index (χ0) is 18.1. The van der Waals surface area contributed by atoms with Crippen LogP contribution in [0.25, 0.3) is 10.2 Å². The Kier molecular flexibility index (Phi) is 4.70. The molecule has 0 spiro atoms. The third kappa shape index (κ3) is 3.22. The first-order valence-electron chi connectivity index (χ1n) is 8.85. The van der Waals surface area contributed by atoms with Crippen LogP contribution in [0.3, 0.4) is 0 Å². The predicted molar refractivity (Wildman–Crippen MR) is 108 cm³/mol. The summed E-state index contributed by atoms with van der Waals surface area (Å²) in [5, 5.41) is 3.66. The predicted octanol–water partition coefficient (Wildman–Crippen LogP) is 2.98. The molecule has 6 heteroatoms. The Morgan fingerprint density at radius 1 is 1.27 bits per heavy atom. The lowest BCUT2D eigenvalue weighted by Crippen LogP contribution is -2.32. The van der Waals surface area contributed by atoms with E-state index < -0.39 is 0 Å². The van der Waals surface area contributed by atoms with Crippen LogP contribution in [0.1, 0.15) is 12.0 Å². The van der Waals surface area contributed by atoms with Gasteiger partial charge in [-0.05, 0) is 36.2 Å². The lowest BCUT2D eigenvalue weighted by atomic mass is 10.2. The van der Waals surface area contributed by atoms with Gasteiger partial charge in [0.05, 0.1) is 23.0 Å². The van der Waals surface area contributed by atoms with Crippen LogP contribution in [0.5, 0.6) is 5.75 Å². The van der Waals surface area contributed by atoms with Crippen molar-refractivity contribution >= 4 is 27.2 Å². The van der Waals surface area contributed by atoms with Gasteiger partial charge in [0.1, 0.15) is 5.75 Å². The minimum absolute atomic E-state index is 0.0911. The topological polar surface area (TPSA) is 46.5 Å². The molecule has 1 unspecified atom stereocenters. The summed E-state index contributed by atoms with van der Waals surface area (Å²) in [4.78, 5) is 14.3. The summed E-state index contributed by atoms with van der Waals surface area (Å²) in [6, 6.07) is 14.9. The van der Waals surface area contributed by atoms with E-state index in [1.807, 2.05) is 25.2 Å². The smallest absolute Gasteiger partial charge is 0.307 e. The van der Waals surface area contributed by atoms with Crippen molar-refractivity contribution in [3.8, 4) is 5.75 Å². The second-order valence-electron chi connectivity index (χ2n) is 6.71. The Hall–Kier alpha value is -2.31. The van der Waals surface area contributed by atoms with Crippen molar-refractivity contribution in [2.75, 3.05) is 25.1 Å². The summed E-state index contributed by atoms with van der Waals surface area (Å²) in [5.41, 5.74) is 3.39. The summed E-state index contributed by atoms with van der Waals surface area (Å²) in [6.45, 7) is 2.81. The second-order valence-corrected chi connectivity index (χ2v) is 7.71. The summed E-state index contributed by atoms with van der Waals surface area (Å²) >= 11 is 1.31. The number of fused-ring (bicyclic) bond motifs is 1. The van der Waals surface area contributed by atoms with Gasteiger partial charge < -0.3 is 19.5 Å². The number of hydrogen-bond donors (Lipinski definition) is 1. The van der Waals surface area contributed by atoms with E-state index in [0.29, 0.717) is 6.04 Å². The number of thiazole rings is 1. The van der Waals surface area contributed by atoms with E-state index in [0.717, 1.165) is 47.7 Å². The second kappa shape index (κ2) is 7.13. The van der Waals surface area contributed by atoms with Crippen molar-refractivity contribution < 1.29 is 4.74 Å². The molecule has 1 atom stereocenters. The van der Waals surface area contributed by atoms with Crippen molar-refractivity contribution in [3.05, 3.63) is 57.7 Å². The van der Waals surface area contributed by atoms with E-state index >= 15 is 0 Å². The van der Waals surface area contributed by atoms with Gasteiger partial charge in [0.15, 0.2) is 0 Å². The lowest BCUT2D eigenvalue weighted by molar-refractivity contribution is 0.414. The maximum Gasteiger partial charge on any atom is 0.307 e. The molecule has 2 heterocycles. The normalized spacial score (nSPS) is 17.2. The largest absolute Gasteiger partial charge is 0.495 e. The molecular weight excluding hydrogens is 346 g/mol. The molecule has 136 valence electrons. The number of aromatic nitrogens is 1. The molecular formula is C20H23N3O2S. The Bertz CT molecular complexity index is 979. The first-order chi connectivity index (χ1) is 12.7. The van der Waals surface area contributed by atoms with Crippen LogP contribution in [0.4, 0.5) is 5.69 Å². The van der Waals surface area contributed by atoms with Crippen LogP contribution in [0, 0.1) is 0 Å². The van der Waals surface area contributed by atoms with Gasteiger partial charge in [-0.25, -0.2) is 0 Å². The van der Waals surface area contributed by atoms with Crippen molar-refractivity contribution in [1.29, 1.82) is 0 Å². The molecule has 4 rings (SSSR count). The van der Waals surface area contributed by atoms with E-state index in [2.05, 4.69) is 34.5 Å². The van der Waals surface area contributed by atoms with Crippen LogP contribution < -0.4 is 19.8 Å². The zero-order valence-electron chi connectivity index (χ0n) is 15.1. The number of anilines is 1. The van der Waals surface area contributed by atoms with E-state index in [9.17, 15) is 4.79 Å². The number of nitrogens with one attached hydrogen (secondary N) is 1. The van der Waals surface area contributed by atoms with Crippen molar-refractivity contribution in [2.45, 2.75) is 19.0 Å². The highest BCUT2D eigenvalue weighted by Crippen LogP contribution is 2.30. The minimum Gasteiger partial charge on any atom is -0.495 e. The molecule has 2 aromatic carbocycles. The maximum absolute atomic E-state index is 11.8. The monoisotopic (exact) mass is 369 g/mol. The van der Waals surface area contributed by atoms with Crippen LogP contribution in [-0.4, -0.2) is 30.8 Å². The van der Waals surface area contributed by atoms with Crippen molar-refractivity contribution in [2.24, 2.45) is 7.05 Å². The average molecular weight is 369 g/mol. The summed E-state index contributed by atoms with van der Waals surface area (Å²) < 4.78 is 8.25. The molecule has 0 amide bonds. The van der Waals surface area contributed by atoms with Crippen molar-refractivity contribution in [3.63, 3.8) is 0 Å². The molecule has 0 radical (unpaired) electrons. The van der Waals surface area contributed by atoms with E-state index in [1.54, 1.807) is 11.7 Å². The fourth-order valence-corrected chi connectivity index (χ4v) is 4.53. The molecule has 1 aliphatic heterocycles. The van der Waals surface area contributed by atoms with Gasteiger partial charge in [0.25, 0.3) is 0 Å². The van der Waals surface area contributed by atoms with Crippen LogP contribution >= 0.6 is 11.3 Å². The minimum atomic E-state index is 0.0911. The van der Waals surface area contributed by atoms with Gasteiger partial charge in [0.2, 0.25) is 0 Å². The fraction of sp³-hybridized carbons (Fsp3) is 0.350. The van der Waals surface area contributed by atoms with Gasteiger partial charge in [-0.15, -0.1) is 0 Å². The highest BCUT2D eigenvalue weighted by atomic mass is 32.1. The zero-order valence-corrected chi connectivity index (χ0v) is 15.9. The Morgan fingerprint density at radius 2 is 2.12 bits per heavy atom. The standard InChI is InChI=1S/C20H23N3O2S/c1-22-17-8-7-14(11-19(17)26-20(22)24)12-21-15-9-10-23(13-15)16-5-3-4-6-18(16)25-2/h3-8,11,15,21H,9-10,12-13H2,1-2H3. The average Bonchev–Trinajstić information content (AvgIpc) is 3.25. The quantitative estimate of drug-likeness (QED) is 0.751. The molecule has 0 saturated carbocycles. The van der Waals surface area contributed by atoms with Crippen LogP contribution in [-0.2, 0) is 13.6 Å². The molecule has 26 heavy (non-hydrogen) atoms. The number of methoxy groups -OCH3 is 1.